The average Bonchev–Trinajstić information content (AvgIpc) is 2.03. The maximum Gasteiger partial charge on any atom is 0.137 e. The maximum atomic E-state index is 5.23. The summed E-state index contributed by atoms with van der Waals surface area (Å²) < 4.78 is 5.23. The fraction of sp³-hybridized carbons (Fsp3) is 0.286. The minimum atomic E-state index is 0.658. The molecular weight excluding hydrogens is 128 g/mol. The van der Waals surface area contributed by atoms with Gasteiger partial charge in [0.1, 0.15) is 18.9 Å². The van der Waals surface area contributed by atoms with E-state index in [2.05, 4.69) is 10.7 Å². The molecule has 0 radical (unpaired) electrons. The number of aromatic nitrogens is 1. The van der Waals surface area contributed by atoms with Crippen LogP contribution in [-0.2, 0) is 0 Å². The first-order chi connectivity index (χ1) is 4.93. The Morgan fingerprint density at radius 1 is 1.60 bits per heavy atom. The van der Waals surface area contributed by atoms with Gasteiger partial charge in [0.15, 0.2) is 0 Å². The molecule has 1 heterocycles. The van der Waals surface area contributed by atoms with Crippen LogP contribution in [0.5, 0.6) is 5.75 Å². The Labute approximate surface area is 59.8 Å². The number of hydrogen-bond acceptors (Lipinski definition) is 2. The van der Waals surface area contributed by atoms with Crippen LogP contribution in [0.1, 0.15) is 0 Å². The van der Waals surface area contributed by atoms with Crippen molar-refractivity contribution in [2.45, 2.75) is 0 Å². The monoisotopic (exact) mass is 139 g/mol. The van der Waals surface area contributed by atoms with Gasteiger partial charge in [-0.15, -0.1) is 0 Å². The molecule has 0 aliphatic carbocycles. The van der Waals surface area contributed by atoms with Gasteiger partial charge >= 0.3 is 0 Å². The number of pyridine rings is 1. The largest absolute Gasteiger partial charge is 0.486 e. The third-order valence-corrected chi connectivity index (χ3v) is 1.05. The quantitative estimate of drug-likeness (QED) is 0.625. The van der Waals surface area contributed by atoms with E-state index in [4.69, 9.17) is 4.74 Å². The third-order valence-electron chi connectivity index (χ3n) is 1.05. The van der Waals surface area contributed by atoms with Crippen LogP contribution in [0.3, 0.4) is 0 Å². The maximum absolute atomic E-state index is 5.23. The molecular formula is C7H11N2O+. The fourth-order valence-corrected chi connectivity index (χ4v) is 0.622. The summed E-state index contributed by atoms with van der Waals surface area (Å²) in [7, 11) is 0. The zero-order chi connectivity index (χ0) is 7.23. The molecule has 0 bridgehead atoms. The lowest BCUT2D eigenvalue weighted by atomic mass is 10.5. The van der Waals surface area contributed by atoms with Crippen LogP contribution in [0.2, 0.25) is 0 Å². The molecule has 0 saturated heterocycles. The van der Waals surface area contributed by atoms with Gasteiger partial charge in [0.2, 0.25) is 0 Å². The Bertz CT molecular complexity index is 176. The molecule has 0 aliphatic rings. The van der Waals surface area contributed by atoms with Crippen LogP contribution in [0, 0.1) is 0 Å². The van der Waals surface area contributed by atoms with Crippen molar-refractivity contribution in [3.05, 3.63) is 24.5 Å². The molecule has 3 heteroatoms. The van der Waals surface area contributed by atoms with E-state index in [-0.39, 0.29) is 0 Å². The molecule has 0 saturated carbocycles. The van der Waals surface area contributed by atoms with Crippen molar-refractivity contribution < 1.29 is 10.5 Å². The molecule has 0 amide bonds. The molecule has 54 valence electrons. The van der Waals surface area contributed by atoms with E-state index in [1.165, 1.54) is 0 Å². The first-order valence-corrected chi connectivity index (χ1v) is 3.25. The van der Waals surface area contributed by atoms with Crippen molar-refractivity contribution in [2.75, 3.05) is 13.2 Å². The Morgan fingerprint density at radius 3 is 3.10 bits per heavy atom. The number of rotatable bonds is 3. The highest BCUT2D eigenvalue weighted by molar-refractivity contribution is 5.15. The summed E-state index contributed by atoms with van der Waals surface area (Å²) in [6, 6.07) is 3.72. The van der Waals surface area contributed by atoms with Crippen molar-refractivity contribution in [2.24, 2.45) is 0 Å². The van der Waals surface area contributed by atoms with E-state index >= 15 is 0 Å². The predicted octanol–water partition coefficient (Wildman–Crippen LogP) is -0.298. The van der Waals surface area contributed by atoms with Gasteiger partial charge in [0.25, 0.3) is 0 Å². The molecule has 0 aliphatic heterocycles. The summed E-state index contributed by atoms with van der Waals surface area (Å²) in [4.78, 5) is 3.89. The Balaban J connectivity index is 2.43. The van der Waals surface area contributed by atoms with Crippen LogP contribution in [0.25, 0.3) is 0 Å². The molecule has 1 aromatic heterocycles. The van der Waals surface area contributed by atoms with Crippen molar-refractivity contribution in [1.82, 2.24) is 4.98 Å². The zero-order valence-electron chi connectivity index (χ0n) is 5.79. The molecule has 0 fully saturated rings. The summed E-state index contributed by atoms with van der Waals surface area (Å²) in [5.41, 5.74) is 3.66. The normalized spacial score (nSPS) is 9.30. The zero-order valence-corrected chi connectivity index (χ0v) is 5.79. The number of quaternary nitrogens is 1. The van der Waals surface area contributed by atoms with Crippen LogP contribution in [-0.4, -0.2) is 18.1 Å². The predicted molar refractivity (Wildman–Crippen MR) is 37.5 cm³/mol. The molecule has 3 nitrogen and oxygen atoms in total. The average molecular weight is 139 g/mol. The molecule has 0 unspecified atom stereocenters. The van der Waals surface area contributed by atoms with Crippen molar-refractivity contribution in [3.63, 3.8) is 0 Å². The summed E-state index contributed by atoms with van der Waals surface area (Å²) in [6.07, 6.45) is 3.41. The highest BCUT2D eigenvalue weighted by Gasteiger charge is 1.88. The van der Waals surface area contributed by atoms with E-state index in [9.17, 15) is 0 Å². The van der Waals surface area contributed by atoms with Crippen LogP contribution in [0.4, 0.5) is 0 Å². The second-order valence-corrected chi connectivity index (χ2v) is 1.89. The molecule has 3 N–H and O–H groups in total. The lowest BCUT2D eigenvalue weighted by Crippen LogP contribution is -2.52. The van der Waals surface area contributed by atoms with E-state index in [1.807, 2.05) is 12.1 Å². The molecule has 1 rings (SSSR count). The van der Waals surface area contributed by atoms with Crippen molar-refractivity contribution >= 4 is 0 Å². The first-order valence-electron chi connectivity index (χ1n) is 3.25. The van der Waals surface area contributed by atoms with Crippen LogP contribution >= 0.6 is 0 Å². The highest BCUT2D eigenvalue weighted by atomic mass is 16.5. The van der Waals surface area contributed by atoms with Gasteiger partial charge < -0.3 is 10.5 Å². The lowest BCUT2D eigenvalue weighted by molar-refractivity contribution is -0.370. The molecule has 10 heavy (non-hydrogen) atoms. The summed E-state index contributed by atoms with van der Waals surface area (Å²) in [5, 5.41) is 0. The second-order valence-electron chi connectivity index (χ2n) is 1.89. The third kappa shape index (κ3) is 2.03. The Hall–Kier alpha value is -1.09. The molecule has 0 atom stereocenters. The SMILES string of the molecule is [NH3+]CCOc1cccnc1. The minimum absolute atomic E-state index is 0.658. The first kappa shape index (κ1) is 7.02. The van der Waals surface area contributed by atoms with Gasteiger partial charge in [-0.1, -0.05) is 0 Å². The van der Waals surface area contributed by atoms with Gasteiger partial charge in [-0.25, -0.2) is 0 Å². The van der Waals surface area contributed by atoms with Gasteiger partial charge in [0, 0.05) is 6.20 Å². The Kier molecular flexibility index (Phi) is 2.70. The number of hydrogen-bond donors (Lipinski definition) is 1. The standard InChI is InChI=1S/C7H10N2O/c8-3-5-10-7-2-1-4-9-6-7/h1-2,4,6H,3,5,8H2/p+1. The number of ether oxygens (including phenoxy) is 1. The van der Waals surface area contributed by atoms with Crippen molar-refractivity contribution in [3.8, 4) is 5.75 Å². The van der Waals surface area contributed by atoms with E-state index in [1.54, 1.807) is 12.4 Å². The Morgan fingerprint density at radius 2 is 2.50 bits per heavy atom. The summed E-state index contributed by atoms with van der Waals surface area (Å²) in [6.45, 7) is 1.45. The second kappa shape index (κ2) is 3.85. The van der Waals surface area contributed by atoms with Crippen LogP contribution < -0.4 is 10.5 Å². The van der Waals surface area contributed by atoms with Crippen LogP contribution in [0.15, 0.2) is 24.5 Å². The highest BCUT2D eigenvalue weighted by Crippen LogP contribution is 2.04. The minimum Gasteiger partial charge on any atom is -0.486 e. The van der Waals surface area contributed by atoms with Gasteiger partial charge in [-0.3, -0.25) is 4.98 Å². The van der Waals surface area contributed by atoms with E-state index in [0.717, 1.165) is 12.3 Å². The summed E-state index contributed by atoms with van der Waals surface area (Å²) >= 11 is 0. The van der Waals surface area contributed by atoms with E-state index < -0.39 is 0 Å². The van der Waals surface area contributed by atoms with Gasteiger partial charge in [0.05, 0.1) is 6.20 Å². The molecule has 1 aromatic rings. The number of nitrogens with zero attached hydrogens (tertiary/aromatic N) is 1. The summed E-state index contributed by atoms with van der Waals surface area (Å²) in [5.74, 6) is 0.811. The topological polar surface area (TPSA) is 49.8 Å². The smallest absolute Gasteiger partial charge is 0.137 e. The lowest BCUT2D eigenvalue weighted by Gasteiger charge is -1.99. The molecule has 0 spiro atoms. The van der Waals surface area contributed by atoms with Gasteiger partial charge in [-0.2, -0.15) is 0 Å². The van der Waals surface area contributed by atoms with Crippen molar-refractivity contribution in [1.29, 1.82) is 0 Å². The van der Waals surface area contributed by atoms with E-state index in [0.29, 0.717) is 6.61 Å². The molecule has 0 aromatic carbocycles. The fourth-order valence-electron chi connectivity index (χ4n) is 0.622. The van der Waals surface area contributed by atoms with Gasteiger partial charge in [-0.05, 0) is 12.1 Å².